The number of anilines is 1. The van der Waals surface area contributed by atoms with Crippen molar-refractivity contribution in [2.75, 3.05) is 11.9 Å². The summed E-state index contributed by atoms with van der Waals surface area (Å²) in [6.07, 6.45) is 1.56. The van der Waals surface area contributed by atoms with Gasteiger partial charge in [-0.3, -0.25) is 4.79 Å². The maximum atomic E-state index is 13.2. The van der Waals surface area contributed by atoms with Crippen LogP contribution in [0.3, 0.4) is 0 Å². The Morgan fingerprint density at radius 3 is 2.52 bits per heavy atom. The maximum absolute atomic E-state index is 13.2. The minimum Gasteiger partial charge on any atom is -0.444 e. The molecule has 0 aromatic heterocycles. The van der Waals surface area contributed by atoms with Gasteiger partial charge < -0.3 is 15.0 Å². The highest BCUT2D eigenvalue weighted by atomic mass is 16.6. The van der Waals surface area contributed by atoms with Crippen molar-refractivity contribution in [2.24, 2.45) is 23.2 Å². The van der Waals surface area contributed by atoms with E-state index in [-0.39, 0.29) is 29.4 Å². The first-order valence-corrected chi connectivity index (χ1v) is 9.07. The van der Waals surface area contributed by atoms with Gasteiger partial charge in [-0.1, -0.05) is 18.2 Å². The molecule has 0 spiro atoms. The lowest BCUT2D eigenvalue weighted by atomic mass is 10.0. The van der Waals surface area contributed by atoms with Crippen LogP contribution >= 0.6 is 0 Å². The number of carbonyl (C=O) groups excluding carboxylic acids is 2. The second kappa shape index (κ2) is 5.23. The monoisotopic (exact) mass is 342 g/mol. The summed E-state index contributed by atoms with van der Waals surface area (Å²) in [6.45, 7) is 5.59. The first kappa shape index (κ1) is 16.4. The molecular formula is C20H26N2O3. The van der Waals surface area contributed by atoms with E-state index in [2.05, 4.69) is 5.32 Å². The van der Waals surface area contributed by atoms with Gasteiger partial charge in [-0.2, -0.15) is 0 Å². The number of carbonyl (C=O) groups is 2. The third kappa shape index (κ3) is 2.43. The Labute approximate surface area is 148 Å². The molecule has 0 heterocycles. The molecule has 0 radical (unpaired) electrons. The lowest BCUT2D eigenvalue weighted by Gasteiger charge is -2.23. The molecule has 5 heteroatoms. The molecule has 134 valence electrons. The van der Waals surface area contributed by atoms with Crippen molar-refractivity contribution in [3.63, 3.8) is 0 Å². The molecule has 5 rings (SSSR count). The minimum absolute atomic E-state index is 0.0768. The van der Waals surface area contributed by atoms with Gasteiger partial charge >= 0.3 is 6.09 Å². The van der Waals surface area contributed by atoms with Gasteiger partial charge in [0.25, 0.3) is 0 Å². The van der Waals surface area contributed by atoms with Gasteiger partial charge in [-0.25, -0.2) is 4.79 Å². The van der Waals surface area contributed by atoms with Crippen LogP contribution in [0.4, 0.5) is 10.5 Å². The van der Waals surface area contributed by atoms with Crippen LogP contribution in [0.5, 0.6) is 0 Å². The van der Waals surface area contributed by atoms with Crippen molar-refractivity contribution in [1.29, 1.82) is 0 Å². The fourth-order valence-corrected chi connectivity index (χ4v) is 5.30. The fraction of sp³-hybridized carbons (Fsp3) is 0.600. The largest absolute Gasteiger partial charge is 0.444 e. The number of hydrogen-bond donors (Lipinski definition) is 1. The molecule has 0 saturated heterocycles. The Kier molecular flexibility index (Phi) is 3.44. The molecule has 25 heavy (non-hydrogen) atoms. The summed E-state index contributed by atoms with van der Waals surface area (Å²) in [5.41, 5.74) is 0.151. The normalized spacial score (nSPS) is 34.6. The molecular weight excluding hydrogens is 316 g/mol. The number of rotatable bonds is 3. The van der Waals surface area contributed by atoms with Crippen molar-refractivity contribution in [2.45, 2.75) is 45.3 Å². The van der Waals surface area contributed by atoms with E-state index in [1.807, 2.05) is 58.2 Å². The van der Waals surface area contributed by atoms with E-state index in [0.29, 0.717) is 11.8 Å². The lowest BCUT2D eigenvalue weighted by molar-refractivity contribution is -0.123. The topological polar surface area (TPSA) is 58.6 Å². The van der Waals surface area contributed by atoms with E-state index < -0.39 is 5.60 Å². The number of nitrogens with one attached hydrogen (secondary N) is 1. The van der Waals surface area contributed by atoms with Crippen molar-refractivity contribution < 1.29 is 14.3 Å². The maximum Gasteiger partial charge on any atom is 0.407 e. The molecule has 1 aromatic rings. The standard InChI is InChI=1S/C20H26N2O3/c1-19(2,3)25-18(24)21-16-12-10-14-15(16)20(14,11-12)17(23)22(4)13-8-6-5-7-9-13/h5-9,12,14-16H,10-11H2,1-4H3,(H,21,24). The van der Waals surface area contributed by atoms with Crippen LogP contribution in [0.25, 0.3) is 0 Å². The summed E-state index contributed by atoms with van der Waals surface area (Å²) in [5.74, 6) is 1.28. The third-order valence-corrected chi connectivity index (χ3v) is 6.16. The van der Waals surface area contributed by atoms with Gasteiger partial charge in [-0.05, 0) is 63.5 Å². The zero-order valence-electron chi connectivity index (χ0n) is 15.3. The fourth-order valence-electron chi connectivity index (χ4n) is 5.30. The molecule has 4 bridgehead atoms. The van der Waals surface area contributed by atoms with Gasteiger partial charge in [0.05, 0.1) is 5.41 Å². The molecule has 1 aromatic carbocycles. The van der Waals surface area contributed by atoms with Crippen LogP contribution in [-0.2, 0) is 9.53 Å². The van der Waals surface area contributed by atoms with Crippen LogP contribution in [0, 0.1) is 23.2 Å². The highest BCUT2D eigenvalue weighted by Gasteiger charge is 2.82. The van der Waals surface area contributed by atoms with Gasteiger partial charge in [-0.15, -0.1) is 0 Å². The molecule has 5 nitrogen and oxygen atoms in total. The SMILES string of the molecule is CN(C(=O)C12CC3CC1C2C3NC(=O)OC(C)(C)C)c1ccccc1. The van der Waals surface area contributed by atoms with Gasteiger partial charge in [0, 0.05) is 18.8 Å². The summed E-state index contributed by atoms with van der Waals surface area (Å²) in [7, 11) is 1.85. The summed E-state index contributed by atoms with van der Waals surface area (Å²) < 4.78 is 5.40. The average Bonchev–Trinajstić information content (AvgIpc) is 2.86. The van der Waals surface area contributed by atoms with Crippen molar-refractivity contribution in [1.82, 2.24) is 5.32 Å². The zero-order valence-corrected chi connectivity index (χ0v) is 15.3. The number of para-hydroxylation sites is 1. The van der Waals surface area contributed by atoms with Crippen molar-refractivity contribution >= 4 is 17.7 Å². The molecule has 4 aliphatic rings. The molecule has 5 unspecified atom stereocenters. The highest BCUT2D eigenvalue weighted by Crippen LogP contribution is 2.79. The van der Waals surface area contributed by atoms with E-state index in [4.69, 9.17) is 4.74 Å². The predicted octanol–water partition coefficient (Wildman–Crippen LogP) is 3.20. The Morgan fingerprint density at radius 2 is 1.92 bits per heavy atom. The van der Waals surface area contributed by atoms with Gasteiger partial charge in [0.2, 0.25) is 5.91 Å². The number of nitrogens with zero attached hydrogens (tertiary/aromatic N) is 1. The first-order chi connectivity index (χ1) is 11.7. The highest BCUT2D eigenvalue weighted by molar-refractivity contribution is 6.01. The minimum atomic E-state index is -0.504. The Morgan fingerprint density at radius 1 is 1.24 bits per heavy atom. The van der Waals surface area contributed by atoms with Gasteiger partial charge in [0.15, 0.2) is 0 Å². The predicted molar refractivity (Wildman–Crippen MR) is 95.1 cm³/mol. The van der Waals surface area contributed by atoms with E-state index in [0.717, 1.165) is 18.5 Å². The number of ether oxygens (including phenoxy) is 1. The van der Waals surface area contributed by atoms with E-state index in [1.165, 1.54) is 0 Å². The summed E-state index contributed by atoms with van der Waals surface area (Å²) in [5, 5.41) is 3.04. The molecule has 2 amide bonds. The zero-order chi connectivity index (χ0) is 18.0. The lowest BCUT2D eigenvalue weighted by Crippen LogP contribution is -2.41. The second-order valence-corrected chi connectivity index (χ2v) is 8.74. The number of benzene rings is 1. The molecule has 1 N–H and O–H groups in total. The van der Waals surface area contributed by atoms with Crippen molar-refractivity contribution in [3.05, 3.63) is 30.3 Å². The Bertz CT molecular complexity index is 711. The molecule has 4 saturated carbocycles. The summed E-state index contributed by atoms with van der Waals surface area (Å²) in [6, 6.07) is 9.84. The quantitative estimate of drug-likeness (QED) is 0.918. The van der Waals surface area contributed by atoms with Crippen LogP contribution < -0.4 is 10.2 Å². The Balaban J connectivity index is 1.46. The van der Waals surface area contributed by atoms with Crippen LogP contribution in [0.15, 0.2) is 30.3 Å². The third-order valence-electron chi connectivity index (χ3n) is 6.16. The molecule has 0 aliphatic heterocycles. The van der Waals surface area contributed by atoms with E-state index >= 15 is 0 Å². The smallest absolute Gasteiger partial charge is 0.407 e. The van der Waals surface area contributed by atoms with Crippen LogP contribution in [0.1, 0.15) is 33.6 Å². The van der Waals surface area contributed by atoms with Crippen LogP contribution in [0.2, 0.25) is 0 Å². The van der Waals surface area contributed by atoms with Crippen LogP contribution in [-0.4, -0.2) is 30.7 Å². The summed E-state index contributed by atoms with van der Waals surface area (Å²) >= 11 is 0. The molecule has 5 atom stereocenters. The second-order valence-electron chi connectivity index (χ2n) is 8.74. The number of amides is 2. The van der Waals surface area contributed by atoms with E-state index in [9.17, 15) is 9.59 Å². The van der Waals surface area contributed by atoms with E-state index in [1.54, 1.807) is 4.90 Å². The molecule has 4 aliphatic carbocycles. The van der Waals surface area contributed by atoms with Crippen molar-refractivity contribution in [3.8, 4) is 0 Å². The first-order valence-electron chi connectivity index (χ1n) is 9.07. The average molecular weight is 342 g/mol. The number of hydrogen-bond acceptors (Lipinski definition) is 3. The summed E-state index contributed by atoms with van der Waals surface area (Å²) in [4.78, 5) is 27.1. The molecule has 4 fully saturated rings. The van der Waals surface area contributed by atoms with Gasteiger partial charge in [0.1, 0.15) is 5.60 Å². The Hall–Kier alpha value is -2.04. The number of alkyl carbamates (subject to hydrolysis) is 1.